The van der Waals surface area contributed by atoms with Gasteiger partial charge >= 0.3 is 5.97 Å². The number of benzene rings is 1. The van der Waals surface area contributed by atoms with Gasteiger partial charge in [0.05, 0.1) is 32.8 Å². The van der Waals surface area contributed by atoms with Crippen LogP contribution in [0.5, 0.6) is 5.75 Å². The molecule has 0 aliphatic carbocycles. The van der Waals surface area contributed by atoms with Crippen LogP contribution in [0.3, 0.4) is 0 Å². The maximum absolute atomic E-state index is 11.4. The van der Waals surface area contributed by atoms with Gasteiger partial charge in [-0.3, -0.25) is 4.79 Å². The molecule has 0 fully saturated rings. The highest BCUT2D eigenvalue weighted by molar-refractivity contribution is 5.69. The van der Waals surface area contributed by atoms with Gasteiger partial charge in [0.2, 0.25) is 0 Å². The second-order valence-corrected chi connectivity index (χ2v) is 4.00. The Hall–Kier alpha value is -1.79. The first-order valence-electron chi connectivity index (χ1n) is 6.43. The lowest BCUT2D eigenvalue weighted by Crippen LogP contribution is -2.14. The first kappa shape index (κ1) is 16.3. The van der Waals surface area contributed by atoms with Crippen molar-refractivity contribution in [2.24, 2.45) is 0 Å². The molecule has 0 radical (unpaired) electrons. The molecular formula is C14H21NO5. The second kappa shape index (κ2) is 10.1. The molecule has 0 aromatic heterocycles. The maximum Gasteiger partial charge on any atom is 0.309 e. The van der Waals surface area contributed by atoms with Crippen LogP contribution in [-0.2, 0) is 19.0 Å². The van der Waals surface area contributed by atoms with E-state index in [1.807, 2.05) is 0 Å². The molecule has 1 aromatic rings. The summed E-state index contributed by atoms with van der Waals surface area (Å²) >= 11 is 0. The van der Waals surface area contributed by atoms with Crippen LogP contribution in [0.1, 0.15) is 6.42 Å². The lowest BCUT2D eigenvalue weighted by molar-refractivity contribution is -0.145. The van der Waals surface area contributed by atoms with Crippen molar-refractivity contribution < 1.29 is 23.7 Å². The van der Waals surface area contributed by atoms with E-state index in [-0.39, 0.29) is 25.6 Å². The number of nitrogen functional groups attached to an aromatic ring is 1. The van der Waals surface area contributed by atoms with Crippen molar-refractivity contribution in [1.29, 1.82) is 0 Å². The summed E-state index contributed by atoms with van der Waals surface area (Å²) in [5.41, 5.74) is 6.23. The molecule has 1 rings (SSSR count). The molecule has 0 spiro atoms. The molecule has 0 saturated heterocycles. The van der Waals surface area contributed by atoms with Gasteiger partial charge in [-0.05, 0) is 12.1 Å². The van der Waals surface area contributed by atoms with Crippen LogP contribution in [0.2, 0.25) is 0 Å². The number of anilines is 1. The number of hydrogen-bond donors (Lipinski definition) is 1. The van der Waals surface area contributed by atoms with Crippen LogP contribution >= 0.6 is 0 Å². The van der Waals surface area contributed by atoms with E-state index in [9.17, 15) is 4.79 Å². The Morgan fingerprint density at radius 1 is 1.15 bits per heavy atom. The van der Waals surface area contributed by atoms with E-state index in [1.165, 1.54) is 0 Å². The van der Waals surface area contributed by atoms with E-state index < -0.39 is 0 Å². The summed E-state index contributed by atoms with van der Waals surface area (Å²) in [7, 11) is 1.60. The molecule has 20 heavy (non-hydrogen) atoms. The van der Waals surface area contributed by atoms with Crippen LogP contribution < -0.4 is 10.5 Å². The highest BCUT2D eigenvalue weighted by Gasteiger charge is 2.03. The van der Waals surface area contributed by atoms with Crippen LogP contribution in [0.4, 0.5) is 5.69 Å². The summed E-state index contributed by atoms with van der Waals surface area (Å²) in [6, 6.07) is 7.05. The predicted octanol–water partition coefficient (Wildman–Crippen LogP) is 1.24. The number of methoxy groups -OCH3 is 1. The molecule has 6 nitrogen and oxygen atoms in total. The van der Waals surface area contributed by atoms with Crippen molar-refractivity contribution in [3.8, 4) is 5.75 Å². The molecule has 0 amide bonds. The molecule has 0 heterocycles. The van der Waals surface area contributed by atoms with E-state index >= 15 is 0 Å². The SMILES string of the molecule is COCCOCCOC(=O)CCOc1cccc(N)c1. The Morgan fingerprint density at radius 2 is 1.95 bits per heavy atom. The lowest BCUT2D eigenvalue weighted by atomic mass is 10.3. The predicted molar refractivity (Wildman–Crippen MR) is 74.6 cm³/mol. The number of carbonyl (C=O) groups is 1. The number of nitrogens with two attached hydrogens (primary N) is 1. The third-order valence-electron chi connectivity index (χ3n) is 2.36. The number of esters is 1. The average Bonchev–Trinajstić information content (AvgIpc) is 2.43. The number of carbonyl (C=O) groups excluding carboxylic acids is 1. The number of rotatable bonds is 10. The monoisotopic (exact) mass is 283 g/mol. The van der Waals surface area contributed by atoms with Crippen molar-refractivity contribution in [3.05, 3.63) is 24.3 Å². The van der Waals surface area contributed by atoms with Gasteiger partial charge in [-0.15, -0.1) is 0 Å². The van der Waals surface area contributed by atoms with Crippen LogP contribution in [-0.4, -0.2) is 46.1 Å². The smallest absolute Gasteiger partial charge is 0.309 e. The molecule has 0 aliphatic rings. The standard InChI is InChI=1S/C14H21NO5/c1-17-7-8-18-9-10-20-14(16)5-6-19-13-4-2-3-12(15)11-13/h2-4,11H,5-10,15H2,1H3. The highest BCUT2D eigenvalue weighted by atomic mass is 16.6. The molecular weight excluding hydrogens is 262 g/mol. The third kappa shape index (κ3) is 7.60. The molecule has 6 heteroatoms. The Bertz CT molecular complexity index is 397. The van der Waals surface area contributed by atoms with Crippen molar-refractivity contribution in [3.63, 3.8) is 0 Å². The van der Waals surface area contributed by atoms with E-state index in [0.29, 0.717) is 31.3 Å². The fourth-order valence-electron chi connectivity index (χ4n) is 1.39. The zero-order chi connectivity index (χ0) is 14.6. The van der Waals surface area contributed by atoms with Gasteiger partial charge < -0.3 is 24.7 Å². The van der Waals surface area contributed by atoms with Gasteiger partial charge in [0.15, 0.2) is 0 Å². The Balaban J connectivity index is 2.03. The third-order valence-corrected chi connectivity index (χ3v) is 2.36. The van der Waals surface area contributed by atoms with Crippen LogP contribution in [0.25, 0.3) is 0 Å². The zero-order valence-corrected chi connectivity index (χ0v) is 11.7. The van der Waals surface area contributed by atoms with E-state index in [0.717, 1.165) is 0 Å². The molecule has 0 aliphatic heterocycles. The molecule has 2 N–H and O–H groups in total. The first-order chi connectivity index (χ1) is 9.72. The van der Waals surface area contributed by atoms with Crippen molar-refractivity contribution in [2.45, 2.75) is 6.42 Å². The summed E-state index contributed by atoms with van der Waals surface area (Å²) in [6.45, 7) is 1.88. The Labute approximate surface area is 118 Å². The van der Waals surface area contributed by atoms with Gasteiger partial charge in [0.25, 0.3) is 0 Å². The fraction of sp³-hybridized carbons (Fsp3) is 0.500. The Kier molecular flexibility index (Phi) is 8.17. The molecule has 0 bridgehead atoms. The van der Waals surface area contributed by atoms with Gasteiger partial charge in [0.1, 0.15) is 12.4 Å². The molecule has 112 valence electrons. The largest absolute Gasteiger partial charge is 0.493 e. The summed E-state index contributed by atoms with van der Waals surface area (Å²) < 4.78 is 20.3. The van der Waals surface area contributed by atoms with Crippen LogP contribution in [0.15, 0.2) is 24.3 Å². The van der Waals surface area contributed by atoms with Gasteiger partial charge in [0, 0.05) is 18.9 Å². The van der Waals surface area contributed by atoms with Crippen molar-refractivity contribution >= 4 is 11.7 Å². The number of hydrogen-bond acceptors (Lipinski definition) is 6. The van der Waals surface area contributed by atoms with Gasteiger partial charge in [-0.25, -0.2) is 0 Å². The van der Waals surface area contributed by atoms with E-state index in [4.69, 9.17) is 24.7 Å². The van der Waals surface area contributed by atoms with Crippen molar-refractivity contribution in [1.82, 2.24) is 0 Å². The fourth-order valence-corrected chi connectivity index (χ4v) is 1.39. The van der Waals surface area contributed by atoms with E-state index in [2.05, 4.69) is 0 Å². The highest BCUT2D eigenvalue weighted by Crippen LogP contribution is 2.14. The topological polar surface area (TPSA) is 80.0 Å². The molecule has 0 atom stereocenters. The van der Waals surface area contributed by atoms with Crippen LogP contribution in [0, 0.1) is 0 Å². The quantitative estimate of drug-likeness (QED) is 0.395. The van der Waals surface area contributed by atoms with Gasteiger partial charge in [-0.1, -0.05) is 6.07 Å². The Morgan fingerprint density at radius 3 is 2.70 bits per heavy atom. The van der Waals surface area contributed by atoms with E-state index in [1.54, 1.807) is 31.4 Å². The maximum atomic E-state index is 11.4. The minimum Gasteiger partial charge on any atom is -0.493 e. The lowest BCUT2D eigenvalue weighted by Gasteiger charge is -2.07. The summed E-state index contributed by atoms with van der Waals surface area (Å²) in [5.74, 6) is 0.324. The molecule has 0 unspecified atom stereocenters. The minimum atomic E-state index is -0.316. The summed E-state index contributed by atoms with van der Waals surface area (Å²) in [5, 5.41) is 0. The summed E-state index contributed by atoms with van der Waals surface area (Å²) in [6.07, 6.45) is 0.187. The zero-order valence-electron chi connectivity index (χ0n) is 11.7. The summed E-state index contributed by atoms with van der Waals surface area (Å²) in [4.78, 5) is 11.4. The average molecular weight is 283 g/mol. The number of ether oxygens (including phenoxy) is 4. The van der Waals surface area contributed by atoms with Gasteiger partial charge in [-0.2, -0.15) is 0 Å². The minimum absolute atomic E-state index is 0.187. The first-order valence-corrected chi connectivity index (χ1v) is 6.43. The molecule has 1 aromatic carbocycles. The second-order valence-electron chi connectivity index (χ2n) is 4.00. The molecule has 0 saturated carbocycles. The normalized spacial score (nSPS) is 10.2. The van der Waals surface area contributed by atoms with Crippen molar-refractivity contribution in [2.75, 3.05) is 45.9 Å².